The summed E-state index contributed by atoms with van der Waals surface area (Å²) < 4.78 is 5.55. The molecule has 0 aromatic heterocycles. The molecule has 1 aliphatic rings. The number of nitrogens with one attached hydrogen (secondary N) is 1. The van der Waals surface area contributed by atoms with E-state index in [4.69, 9.17) is 4.74 Å². The van der Waals surface area contributed by atoms with E-state index in [1.807, 2.05) is 0 Å². The fraction of sp³-hybridized carbons (Fsp3) is 0.538. The predicted octanol–water partition coefficient (Wildman–Crippen LogP) is 1.17. The van der Waals surface area contributed by atoms with Gasteiger partial charge in [-0.2, -0.15) is 0 Å². The number of non-ortho nitro benzene ring substituents is 1. The third kappa shape index (κ3) is 3.06. The standard InChI is InChI=1S/C13H18N2O5/c1-7-5-9(15(18)19)3-4-10(7)14-12-6-11(16)13(17)8(2)20-12/h3-5,8,11-14,16-17H,6H2,1-2H3/t8-,11-,12-,13+/m0/s1. The molecule has 7 nitrogen and oxygen atoms in total. The maximum absolute atomic E-state index is 10.7. The highest BCUT2D eigenvalue weighted by molar-refractivity contribution is 5.55. The normalized spacial score (nSPS) is 30.0. The van der Waals surface area contributed by atoms with Gasteiger partial charge in [0, 0.05) is 24.2 Å². The topological polar surface area (TPSA) is 105 Å². The van der Waals surface area contributed by atoms with Crippen LogP contribution in [0.1, 0.15) is 18.9 Å². The van der Waals surface area contributed by atoms with Crippen molar-refractivity contribution in [3.63, 3.8) is 0 Å². The van der Waals surface area contributed by atoms with E-state index < -0.39 is 29.5 Å². The van der Waals surface area contributed by atoms with Crippen molar-refractivity contribution in [3.05, 3.63) is 33.9 Å². The molecular weight excluding hydrogens is 264 g/mol. The Labute approximate surface area is 116 Å². The lowest BCUT2D eigenvalue weighted by Crippen LogP contribution is -2.49. The quantitative estimate of drug-likeness (QED) is 0.568. The van der Waals surface area contributed by atoms with E-state index in [2.05, 4.69) is 5.32 Å². The van der Waals surface area contributed by atoms with Crippen LogP contribution in [-0.2, 0) is 4.74 Å². The number of aryl methyl sites for hydroxylation is 1. The molecule has 1 heterocycles. The third-order valence-electron chi connectivity index (χ3n) is 3.45. The molecule has 3 N–H and O–H groups in total. The summed E-state index contributed by atoms with van der Waals surface area (Å²) in [7, 11) is 0. The molecule has 0 saturated carbocycles. The van der Waals surface area contributed by atoms with E-state index in [1.165, 1.54) is 12.1 Å². The Kier molecular flexibility index (Phi) is 4.22. The molecule has 0 aliphatic carbocycles. The average molecular weight is 282 g/mol. The number of hydrogen-bond donors (Lipinski definition) is 3. The van der Waals surface area contributed by atoms with Crippen molar-refractivity contribution in [2.45, 2.75) is 44.8 Å². The van der Waals surface area contributed by atoms with E-state index in [0.717, 1.165) is 5.56 Å². The number of nitro benzene ring substituents is 1. The summed E-state index contributed by atoms with van der Waals surface area (Å²) in [6, 6.07) is 4.49. The van der Waals surface area contributed by atoms with Gasteiger partial charge in [-0.25, -0.2) is 0 Å². The minimum Gasteiger partial charge on any atom is -0.390 e. The number of anilines is 1. The molecule has 7 heteroatoms. The van der Waals surface area contributed by atoms with Crippen LogP contribution in [0.2, 0.25) is 0 Å². The zero-order valence-electron chi connectivity index (χ0n) is 11.3. The number of aliphatic hydroxyl groups excluding tert-OH is 2. The van der Waals surface area contributed by atoms with Gasteiger partial charge in [0.05, 0.1) is 17.1 Å². The van der Waals surface area contributed by atoms with Crippen molar-refractivity contribution < 1.29 is 19.9 Å². The summed E-state index contributed by atoms with van der Waals surface area (Å²) >= 11 is 0. The number of benzene rings is 1. The first-order valence-corrected chi connectivity index (χ1v) is 6.41. The van der Waals surface area contributed by atoms with Crippen LogP contribution in [0.25, 0.3) is 0 Å². The Bertz CT molecular complexity index is 496. The molecule has 20 heavy (non-hydrogen) atoms. The lowest BCUT2D eigenvalue weighted by molar-refractivity contribution is -0.384. The first-order valence-electron chi connectivity index (χ1n) is 6.41. The van der Waals surface area contributed by atoms with Crippen LogP contribution in [0.15, 0.2) is 18.2 Å². The van der Waals surface area contributed by atoms with Gasteiger partial charge in [-0.15, -0.1) is 0 Å². The molecule has 1 saturated heterocycles. The van der Waals surface area contributed by atoms with Gasteiger partial charge >= 0.3 is 0 Å². The molecule has 1 fully saturated rings. The predicted molar refractivity (Wildman–Crippen MR) is 72.4 cm³/mol. The van der Waals surface area contributed by atoms with Crippen LogP contribution in [0.5, 0.6) is 0 Å². The number of hydrogen-bond acceptors (Lipinski definition) is 6. The van der Waals surface area contributed by atoms with Gasteiger partial charge in [0.2, 0.25) is 0 Å². The average Bonchev–Trinajstić information content (AvgIpc) is 2.38. The summed E-state index contributed by atoms with van der Waals surface area (Å²) in [5.74, 6) is 0. The van der Waals surface area contributed by atoms with E-state index in [1.54, 1.807) is 19.9 Å². The first-order chi connectivity index (χ1) is 9.38. The van der Waals surface area contributed by atoms with Crippen molar-refractivity contribution >= 4 is 11.4 Å². The van der Waals surface area contributed by atoms with E-state index in [-0.39, 0.29) is 12.1 Å². The minimum atomic E-state index is -0.897. The molecule has 110 valence electrons. The zero-order chi connectivity index (χ0) is 14.9. The van der Waals surface area contributed by atoms with Crippen molar-refractivity contribution in [1.82, 2.24) is 0 Å². The van der Waals surface area contributed by atoms with Crippen molar-refractivity contribution in [3.8, 4) is 0 Å². The van der Waals surface area contributed by atoms with Gasteiger partial charge in [0.15, 0.2) is 0 Å². The minimum absolute atomic E-state index is 0.0291. The second-order valence-corrected chi connectivity index (χ2v) is 5.02. The largest absolute Gasteiger partial charge is 0.390 e. The van der Waals surface area contributed by atoms with Crippen LogP contribution in [0.3, 0.4) is 0 Å². The smallest absolute Gasteiger partial charge is 0.269 e. The zero-order valence-corrected chi connectivity index (χ0v) is 11.3. The van der Waals surface area contributed by atoms with Crippen LogP contribution < -0.4 is 5.32 Å². The number of rotatable bonds is 3. The lowest BCUT2D eigenvalue weighted by atomic mass is 10.0. The monoisotopic (exact) mass is 282 g/mol. The SMILES string of the molecule is Cc1cc([N+](=O)[O-])ccc1N[C@@H]1C[C@H](O)[C@H](O)[C@H](C)O1. The molecule has 0 spiro atoms. The Hall–Kier alpha value is -1.70. The molecule has 1 aromatic rings. The molecule has 1 aliphatic heterocycles. The van der Waals surface area contributed by atoms with Gasteiger partial charge in [-0.1, -0.05) is 0 Å². The van der Waals surface area contributed by atoms with Gasteiger partial charge in [0.25, 0.3) is 5.69 Å². The van der Waals surface area contributed by atoms with Crippen LogP contribution in [-0.4, -0.2) is 39.7 Å². The molecule has 4 atom stereocenters. The summed E-state index contributed by atoms with van der Waals surface area (Å²) in [4.78, 5) is 10.2. The van der Waals surface area contributed by atoms with Gasteiger partial charge in [-0.05, 0) is 25.5 Å². The highest BCUT2D eigenvalue weighted by Crippen LogP contribution is 2.25. The van der Waals surface area contributed by atoms with Crippen LogP contribution >= 0.6 is 0 Å². The summed E-state index contributed by atoms with van der Waals surface area (Å²) in [6.45, 7) is 3.44. The summed E-state index contributed by atoms with van der Waals surface area (Å²) in [6.07, 6.45) is -2.42. The Morgan fingerprint density at radius 2 is 2.15 bits per heavy atom. The molecular formula is C13H18N2O5. The summed E-state index contributed by atoms with van der Waals surface area (Å²) in [5, 5.41) is 33.1. The first kappa shape index (κ1) is 14.7. The van der Waals surface area contributed by atoms with Crippen molar-refractivity contribution in [2.75, 3.05) is 5.32 Å². The Morgan fingerprint density at radius 1 is 1.45 bits per heavy atom. The number of ether oxygens (including phenoxy) is 1. The number of nitrogens with zero attached hydrogens (tertiary/aromatic N) is 1. The second-order valence-electron chi connectivity index (χ2n) is 5.02. The molecule has 0 bridgehead atoms. The Balaban J connectivity index is 2.09. The van der Waals surface area contributed by atoms with E-state index in [0.29, 0.717) is 5.69 Å². The molecule has 2 rings (SSSR count). The summed E-state index contributed by atoms with van der Waals surface area (Å²) in [5.41, 5.74) is 1.45. The third-order valence-corrected chi connectivity index (χ3v) is 3.45. The second kappa shape index (κ2) is 5.74. The highest BCUT2D eigenvalue weighted by Gasteiger charge is 2.34. The highest BCUT2D eigenvalue weighted by atomic mass is 16.6. The maximum Gasteiger partial charge on any atom is 0.269 e. The van der Waals surface area contributed by atoms with Crippen LogP contribution in [0.4, 0.5) is 11.4 Å². The van der Waals surface area contributed by atoms with E-state index >= 15 is 0 Å². The maximum atomic E-state index is 10.7. The van der Waals surface area contributed by atoms with Crippen molar-refractivity contribution in [2.24, 2.45) is 0 Å². The van der Waals surface area contributed by atoms with Gasteiger partial charge < -0.3 is 20.3 Å². The van der Waals surface area contributed by atoms with Crippen LogP contribution in [0, 0.1) is 17.0 Å². The lowest BCUT2D eigenvalue weighted by Gasteiger charge is -2.36. The molecule has 0 radical (unpaired) electrons. The van der Waals surface area contributed by atoms with Gasteiger partial charge in [-0.3, -0.25) is 10.1 Å². The molecule has 0 unspecified atom stereocenters. The molecule has 0 amide bonds. The van der Waals surface area contributed by atoms with Crippen molar-refractivity contribution in [1.29, 1.82) is 0 Å². The number of aliphatic hydroxyl groups is 2. The van der Waals surface area contributed by atoms with E-state index in [9.17, 15) is 20.3 Å². The molecule has 1 aromatic carbocycles. The fourth-order valence-corrected chi connectivity index (χ4v) is 2.26. The Morgan fingerprint density at radius 3 is 2.70 bits per heavy atom. The number of nitro groups is 1. The fourth-order valence-electron chi connectivity index (χ4n) is 2.26. The van der Waals surface area contributed by atoms with Gasteiger partial charge in [0.1, 0.15) is 12.3 Å².